The van der Waals surface area contributed by atoms with Crippen molar-refractivity contribution in [3.8, 4) is 16.9 Å². The number of aromatic nitrogens is 1. The van der Waals surface area contributed by atoms with Crippen LogP contribution < -0.4 is 9.64 Å². The highest BCUT2D eigenvalue weighted by molar-refractivity contribution is 6.33. The fourth-order valence-corrected chi connectivity index (χ4v) is 4.57. The zero-order valence-electron chi connectivity index (χ0n) is 23.2. The summed E-state index contributed by atoms with van der Waals surface area (Å²) in [5.74, 6) is 0.192. The average molecular weight is 579 g/mol. The fraction of sp³-hybridized carbons (Fsp3) is 0.273. The number of alkyl halides is 2. The lowest BCUT2D eigenvalue weighted by molar-refractivity contribution is -0.152. The molecule has 0 aliphatic carbocycles. The van der Waals surface area contributed by atoms with Crippen molar-refractivity contribution in [1.82, 2.24) is 4.98 Å². The summed E-state index contributed by atoms with van der Waals surface area (Å²) in [6.45, 7) is 5.35. The number of anilines is 1. The minimum absolute atomic E-state index is 0.311. The lowest BCUT2D eigenvalue weighted by Gasteiger charge is -2.25. The summed E-state index contributed by atoms with van der Waals surface area (Å²) in [6, 6.07) is 25.7. The normalized spacial score (nSPS) is 12.9. The number of halogens is 3. The van der Waals surface area contributed by atoms with Crippen molar-refractivity contribution in [2.45, 2.75) is 51.7 Å². The molecule has 0 saturated heterocycles. The van der Waals surface area contributed by atoms with Gasteiger partial charge in [0.25, 0.3) is 0 Å². The Morgan fingerprint density at radius 2 is 1.63 bits per heavy atom. The summed E-state index contributed by atoms with van der Waals surface area (Å²) in [7, 11) is 0. The van der Waals surface area contributed by atoms with E-state index in [1.54, 1.807) is 30.5 Å². The number of pyridine rings is 1. The summed E-state index contributed by atoms with van der Waals surface area (Å²) in [5.41, 5.74) is 2.75. The molecular weight excluding hydrogens is 546 g/mol. The predicted molar refractivity (Wildman–Crippen MR) is 159 cm³/mol. The maximum absolute atomic E-state index is 14.1. The SMILES string of the molecule is CC(F)C(F)c1ccc(CN(CCc2ccc(OC(C)(C)C(=O)O)cc2)c2ccc(-c3ccccc3Cl)cn2)cc1. The smallest absolute Gasteiger partial charge is 0.347 e. The third kappa shape index (κ3) is 7.82. The number of rotatable bonds is 12. The molecule has 1 N–H and O–H groups in total. The molecule has 3 aromatic carbocycles. The second-order valence-corrected chi connectivity index (χ2v) is 10.8. The van der Waals surface area contributed by atoms with Gasteiger partial charge in [-0.05, 0) is 74.2 Å². The van der Waals surface area contributed by atoms with Gasteiger partial charge in [-0.3, -0.25) is 0 Å². The second kappa shape index (κ2) is 13.1. The van der Waals surface area contributed by atoms with Crippen LogP contribution in [0.3, 0.4) is 0 Å². The van der Waals surface area contributed by atoms with Crippen molar-refractivity contribution in [3.63, 3.8) is 0 Å². The van der Waals surface area contributed by atoms with Crippen LogP contribution in [0, 0.1) is 0 Å². The van der Waals surface area contributed by atoms with Crippen LogP contribution in [0.5, 0.6) is 5.75 Å². The number of nitrogens with zero attached hydrogens (tertiary/aromatic N) is 2. The topological polar surface area (TPSA) is 62.7 Å². The van der Waals surface area contributed by atoms with Crippen molar-refractivity contribution >= 4 is 23.4 Å². The summed E-state index contributed by atoms with van der Waals surface area (Å²) < 4.78 is 33.2. The van der Waals surface area contributed by atoms with E-state index in [4.69, 9.17) is 21.3 Å². The van der Waals surface area contributed by atoms with Crippen LogP contribution in [0.25, 0.3) is 11.1 Å². The van der Waals surface area contributed by atoms with E-state index in [9.17, 15) is 18.7 Å². The zero-order chi connectivity index (χ0) is 29.6. The summed E-state index contributed by atoms with van der Waals surface area (Å²) in [6.07, 6.45) is -0.766. The van der Waals surface area contributed by atoms with Gasteiger partial charge in [0.2, 0.25) is 0 Å². The number of hydrogen-bond donors (Lipinski definition) is 1. The molecule has 0 fully saturated rings. The fourth-order valence-electron chi connectivity index (χ4n) is 4.32. The quantitative estimate of drug-likeness (QED) is 0.183. The molecule has 2 unspecified atom stereocenters. The molecule has 4 aromatic rings. The number of hydrogen-bond acceptors (Lipinski definition) is 4. The van der Waals surface area contributed by atoms with E-state index in [0.29, 0.717) is 35.8 Å². The molecule has 41 heavy (non-hydrogen) atoms. The summed E-state index contributed by atoms with van der Waals surface area (Å²) in [5, 5.41) is 9.96. The Hall–Kier alpha value is -3.97. The van der Waals surface area contributed by atoms with Crippen LogP contribution in [0.15, 0.2) is 91.1 Å². The average Bonchev–Trinajstić information content (AvgIpc) is 2.96. The van der Waals surface area contributed by atoms with Gasteiger partial charge in [0.15, 0.2) is 11.8 Å². The molecule has 0 amide bonds. The summed E-state index contributed by atoms with van der Waals surface area (Å²) in [4.78, 5) is 18.2. The van der Waals surface area contributed by atoms with Gasteiger partial charge in [-0.25, -0.2) is 18.6 Å². The first-order valence-corrected chi connectivity index (χ1v) is 13.8. The molecule has 8 heteroatoms. The highest BCUT2D eigenvalue weighted by Crippen LogP contribution is 2.29. The van der Waals surface area contributed by atoms with Gasteiger partial charge in [0, 0.05) is 35.4 Å². The highest BCUT2D eigenvalue weighted by Gasteiger charge is 2.29. The van der Waals surface area contributed by atoms with Crippen molar-refractivity contribution in [3.05, 3.63) is 113 Å². The van der Waals surface area contributed by atoms with Crippen molar-refractivity contribution in [2.75, 3.05) is 11.4 Å². The summed E-state index contributed by atoms with van der Waals surface area (Å²) >= 11 is 6.38. The van der Waals surface area contributed by atoms with Gasteiger partial charge in [0.05, 0.1) is 0 Å². The van der Waals surface area contributed by atoms with Gasteiger partial charge in [-0.15, -0.1) is 0 Å². The molecule has 1 aromatic heterocycles. The van der Waals surface area contributed by atoms with E-state index < -0.39 is 23.9 Å². The Balaban J connectivity index is 1.53. The van der Waals surface area contributed by atoms with Crippen LogP contribution in [-0.2, 0) is 17.8 Å². The highest BCUT2D eigenvalue weighted by atomic mass is 35.5. The third-order valence-electron chi connectivity index (χ3n) is 6.81. The molecule has 0 aliphatic rings. The first-order chi connectivity index (χ1) is 19.5. The van der Waals surface area contributed by atoms with Gasteiger partial charge in [0.1, 0.15) is 17.7 Å². The molecule has 2 atom stereocenters. The van der Waals surface area contributed by atoms with E-state index >= 15 is 0 Å². The number of carboxylic acids is 1. The Kier molecular flexibility index (Phi) is 9.61. The molecular formula is C33H33ClF2N2O3. The van der Waals surface area contributed by atoms with E-state index in [2.05, 4.69) is 4.90 Å². The van der Waals surface area contributed by atoms with Gasteiger partial charge in [-0.2, -0.15) is 0 Å². The molecule has 4 rings (SSSR count). The Labute approximate surface area is 244 Å². The van der Waals surface area contributed by atoms with Crippen molar-refractivity contribution in [1.29, 1.82) is 0 Å². The molecule has 0 saturated carbocycles. The van der Waals surface area contributed by atoms with Gasteiger partial charge >= 0.3 is 5.97 Å². The van der Waals surface area contributed by atoms with Gasteiger partial charge in [-0.1, -0.05) is 66.2 Å². The lowest BCUT2D eigenvalue weighted by atomic mass is 10.0. The molecule has 1 heterocycles. The molecule has 0 bridgehead atoms. The lowest BCUT2D eigenvalue weighted by Crippen LogP contribution is -2.37. The van der Waals surface area contributed by atoms with Crippen LogP contribution in [0.4, 0.5) is 14.6 Å². The molecule has 214 valence electrons. The minimum Gasteiger partial charge on any atom is -0.478 e. The first kappa shape index (κ1) is 30.0. The third-order valence-corrected chi connectivity index (χ3v) is 7.14. The molecule has 5 nitrogen and oxygen atoms in total. The Morgan fingerprint density at radius 1 is 0.976 bits per heavy atom. The number of carbonyl (C=O) groups is 1. The Bertz CT molecular complexity index is 1440. The maximum Gasteiger partial charge on any atom is 0.347 e. The minimum atomic E-state index is -1.66. The van der Waals surface area contributed by atoms with Crippen LogP contribution in [0.1, 0.15) is 43.6 Å². The molecule has 0 radical (unpaired) electrons. The van der Waals surface area contributed by atoms with Crippen LogP contribution in [-0.4, -0.2) is 34.4 Å². The zero-order valence-corrected chi connectivity index (χ0v) is 24.0. The van der Waals surface area contributed by atoms with Gasteiger partial charge < -0.3 is 14.7 Å². The van der Waals surface area contributed by atoms with E-state index in [1.165, 1.54) is 20.8 Å². The number of aliphatic carboxylic acids is 1. The maximum atomic E-state index is 14.1. The van der Waals surface area contributed by atoms with E-state index in [1.807, 2.05) is 60.7 Å². The molecule has 0 spiro atoms. The Morgan fingerprint density at radius 3 is 2.22 bits per heavy atom. The standard InChI is InChI=1S/C33H33ClF2N2O3/c1-22(35)31(36)25-12-8-24(9-13-25)21-38(30-17-14-26(20-37-30)28-6-4-5-7-29(28)34)19-18-23-10-15-27(16-11-23)41-33(2,3)32(39)40/h4-17,20,22,31H,18-19,21H2,1-3H3,(H,39,40). The van der Waals surface area contributed by atoms with E-state index in [0.717, 1.165) is 28.1 Å². The number of ether oxygens (including phenoxy) is 1. The van der Waals surface area contributed by atoms with Crippen molar-refractivity contribution in [2.24, 2.45) is 0 Å². The van der Waals surface area contributed by atoms with Crippen LogP contribution in [0.2, 0.25) is 5.02 Å². The second-order valence-electron chi connectivity index (χ2n) is 10.4. The number of carboxylic acid groups (broad SMARTS) is 1. The monoisotopic (exact) mass is 578 g/mol. The van der Waals surface area contributed by atoms with Crippen molar-refractivity contribution < 1.29 is 23.4 Å². The number of benzene rings is 3. The predicted octanol–water partition coefficient (Wildman–Crippen LogP) is 8.26. The van der Waals surface area contributed by atoms with Crippen LogP contribution >= 0.6 is 11.6 Å². The first-order valence-electron chi connectivity index (χ1n) is 13.4. The van der Waals surface area contributed by atoms with E-state index in [-0.39, 0.29) is 0 Å². The largest absolute Gasteiger partial charge is 0.478 e. The molecule has 0 aliphatic heterocycles.